The number of para-hydroxylation sites is 2. The predicted octanol–water partition coefficient (Wildman–Crippen LogP) is 0.344. The molecule has 7 nitrogen and oxygen atoms in total. The van der Waals surface area contributed by atoms with E-state index < -0.39 is 24.4 Å². The molecule has 1 heterocycles. The third-order valence-corrected chi connectivity index (χ3v) is 3.12. The molecule has 0 aromatic heterocycles. The van der Waals surface area contributed by atoms with Crippen molar-refractivity contribution in [2.75, 3.05) is 25.5 Å². The normalized spacial score (nSPS) is 17.0. The number of amides is 2. The molecule has 0 spiro atoms. The molecule has 0 bridgehead atoms. The summed E-state index contributed by atoms with van der Waals surface area (Å²) in [4.78, 5) is 37.7. The van der Waals surface area contributed by atoms with Crippen LogP contribution >= 0.6 is 0 Å². The number of hydrogen-bond acceptors (Lipinski definition) is 4. The van der Waals surface area contributed by atoms with Crippen LogP contribution in [0.15, 0.2) is 24.3 Å². The summed E-state index contributed by atoms with van der Waals surface area (Å²) in [5.74, 6) is -1.51. The van der Waals surface area contributed by atoms with Crippen molar-refractivity contribution in [1.82, 2.24) is 4.90 Å². The molecule has 0 aliphatic carbocycles. The lowest BCUT2D eigenvalue weighted by Crippen LogP contribution is -2.50. The Hall–Kier alpha value is -2.57. The zero-order valence-corrected chi connectivity index (χ0v) is 11.8. The van der Waals surface area contributed by atoms with Gasteiger partial charge in [0.1, 0.15) is 12.3 Å². The number of carboxylic acid groups (broad SMARTS) is 1. The Labute approximate surface area is 121 Å². The number of nitrogens with zero attached hydrogens (tertiary/aromatic N) is 2. The van der Waals surface area contributed by atoms with Gasteiger partial charge in [0.2, 0.25) is 5.91 Å². The number of carbonyl (C=O) groups is 3. The summed E-state index contributed by atoms with van der Waals surface area (Å²) in [7, 11) is 3.18. The van der Waals surface area contributed by atoms with Gasteiger partial charge in [-0.2, -0.15) is 0 Å². The first-order valence-corrected chi connectivity index (χ1v) is 6.39. The van der Waals surface area contributed by atoms with Gasteiger partial charge in [-0.15, -0.1) is 0 Å². The molecule has 21 heavy (non-hydrogen) atoms. The monoisotopic (exact) mass is 292 g/mol. The fraction of sp³-hybridized carbons (Fsp3) is 0.357. The number of anilines is 1. The number of carbonyl (C=O) groups excluding carboxylic acids is 2. The summed E-state index contributed by atoms with van der Waals surface area (Å²) in [5.41, 5.74) is 0.472. The Bertz CT molecular complexity index is 584. The van der Waals surface area contributed by atoms with Crippen LogP contribution in [0.2, 0.25) is 0 Å². The minimum Gasteiger partial charge on any atom is -0.481 e. The van der Waals surface area contributed by atoms with E-state index in [4.69, 9.17) is 9.84 Å². The molecule has 1 aliphatic heterocycles. The fourth-order valence-corrected chi connectivity index (χ4v) is 2.00. The second-order valence-electron chi connectivity index (χ2n) is 4.88. The molecule has 1 aliphatic rings. The number of benzene rings is 1. The topological polar surface area (TPSA) is 87.2 Å². The minimum atomic E-state index is -1.13. The number of hydrogen-bond donors (Lipinski definition) is 1. The molecule has 7 heteroatoms. The molecule has 2 amide bonds. The molecular weight excluding hydrogens is 276 g/mol. The van der Waals surface area contributed by atoms with Gasteiger partial charge in [-0.3, -0.25) is 19.3 Å². The zero-order valence-electron chi connectivity index (χ0n) is 11.8. The Morgan fingerprint density at radius 2 is 2.00 bits per heavy atom. The van der Waals surface area contributed by atoms with Crippen molar-refractivity contribution in [2.24, 2.45) is 0 Å². The van der Waals surface area contributed by atoms with Crippen LogP contribution in [0.5, 0.6) is 5.75 Å². The van der Waals surface area contributed by atoms with Crippen LogP contribution in [-0.2, 0) is 14.4 Å². The first kappa shape index (κ1) is 14.8. The summed E-state index contributed by atoms with van der Waals surface area (Å²) in [6.07, 6.45) is -1.56. The summed E-state index contributed by atoms with van der Waals surface area (Å²) in [5, 5.41) is 8.86. The van der Waals surface area contributed by atoms with Crippen LogP contribution in [0.25, 0.3) is 0 Å². The minimum absolute atomic E-state index is 0.150. The van der Waals surface area contributed by atoms with E-state index >= 15 is 0 Å². The third kappa shape index (κ3) is 3.13. The van der Waals surface area contributed by atoms with E-state index in [9.17, 15) is 14.4 Å². The quantitative estimate of drug-likeness (QED) is 0.865. The zero-order chi connectivity index (χ0) is 15.6. The highest BCUT2D eigenvalue weighted by Gasteiger charge is 2.36. The van der Waals surface area contributed by atoms with Crippen molar-refractivity contribution >= 4 is 23.5 Å². The van der Waals surface area contributed by atoms with Gasteiger partial charge in [-0.05, 0) is 12.1 Å². The van der Waals surface area contributed by atoms with Gasteiger partial charge in [0.15, 0.2) is 6.10 Å². The molecule has 1 aromatic rings. The summed E-state index contributed by atoms with van der Waals surface area (Å²) < 4.78 is 5.43. The molecule has 0 saturated carbocycles. The number of carboxylic acids is 1. The van der Waals surface area contributed by atoms with Gasteiger partial charge in [0, 0.05) is 14.1 Å². The standard InChI is InChI=1S/C14H16N2O5/c1-15(2)12(17)8-16-9-5-3-4-6-10(9)21-11(14(16)20)7-13(18)19/h3-6,11H,7-8H2,1-2H3,(H,18,19). The van der Waals surface area contributed by atoms with E-state index in [1.165, 1.54) is 9.80 Å². The highest BCUT2D eigenvalue weighted by Crippen LogP contribution is 2.34. The lowest BCUT2D eigenvalue weighted by Gasteiger charge is -2.33. The van der Waals surface area contributed by atoms with Crippen molar-refractivity contribution in [3.8, 4) is 5.75 Å². The molecule has 0 fully saturated rings. The van der Waals surface area contributed by atoms with Crippen LogP contribution in [-0.4, -0.2) is 54.5 Å². The second kappa shape index (κ2) is 5.82. The van der Waals surface area contributed by atoms with Crippen LogP contribution in [0, 0.1) is 0 Å². The van der Waals surface area contributed by atoms with Gasteiger partial charge in [0.25, 0.3) is 5.91 Å². The lowest BCUT2D eigenvalue weighted by atomic mass is 10.1. The summed E-state index contributed by atoms with van der Waals surface area (Å²) in [6.45, 7) is -0.150. The van der Waals surface area contributed by atoms with Gasteiger partial charge < -0.3 is 14.7 Å². The molecule has 1 unspecified atom stereocenters. The maximum absolute atomic E-state index is 12.3. The smallest absolute Gasteiger partial charge is 0.307 e. The molecule has 0 radical (unpaired) electrons. The van der Waals surface area contributed by atoms with Gasteiger partial charge in [-0.25, -0.2) is 0 Å². The largest absolute Gasteiger partial charge is 0.481 e. The van der Waals surface area contributed by atoms with E-state index in [1.807, 2.05) is 0 Å². The average Bonchev–Trinajstić information content (AvgIpc) is 2.42. The highest BCUT2D eigenvalue weighted by molar-refractivity contribution is 6.04. The van der Waals surface area contributed by atoms with E-state index in [0.29, 0.717) is 11.4 Å². The van der Waals surface area contributed by atoms with Crippen molar-refractivity contribution in [1.29, 1.82) is 0 Å². The Morgan fingerprint density at radius 1 is 1.33 bits per heavy atom. The van der Waals surface area contributed by atoms with Crippen LogP contribution in [0.3, 0.4) is 0 Å². The molecule has 2 rings (SSSR count). The van der Waals surface area contributed by atoms with Crippen molar-refractivity contribution < 1.29 is 24.2 Å². The Morgan fingerprint density at radius 3 is 2.62 bits per heavy atom. The average molecular weight is 292 g/mol. The SMILES string of the molecule is CN(C)C(=O)CN1C(=O)C(CC(=O)O)Oc2ccccc21. The van der Waals surface area contributed by atoms with E-state index in [2.05, 4.69) is 0 Å². The van der Waals surface area contributed by atoms with E-state index in [-0.39, 0.29) is 12.5 Å². The van der Waals surface area contributed by atoms with Crippen LogP contribution < -0.4 is 9.64 Å². The number of aliphatic carboxylic acids is 1. The summed E-state index contributed by atoms with van der Waals surface area (Å²) >= 11 is 0. The maximum atomic E-state index is 12.3. The van der Waals surface area contributed by atoms with Crippen LogP contribution in [0.1, 0.15) is 6.42 Å². The molecular formula is C14H16N2O5. The van der Waals surface area contributed by atoms with Crippen molar-refractivity contribution in [2.45, 2.75) is 12.5 Å². The molecule has 1 N–H and O–H groups in total. The Kier molecular flexibility index (Phi) is 4.11. The first-order valence-electron chi connectivity index (χ1n) is 6.39. The number of likely N-dealkylation sites (N-methyl/N-ethyl adjacent to an activating group) is 1. The predicted molar refractivity (Wildman–Crippen MR) is 74.2 cm³/mol. The van der Waals surface area contributed by atoms with Gasteiger partial charge in [-0.1, -0.05) is 12.1 Å². The second-order valence-corrected chi connectivity index (χ2v) is 4.88. The number of ether oxygens (including phenoxy) is 1. The highest BCUT2D eigenvalue weighted by atomic mass is 16.5. The van der Waals surface area contributed by atoms with E-state index in [1.54, 1.807) is 38.4 Å². The molecule has 112 valence electrons. The van der Waals surface area contributed by atoms with Crippen LogP contribution in [0.4, 0.5) is 5.69 Å². The first-order chi connectivity index (χ1) is 9.90. The van der Waals surface area contributed by atoms with E-state index in [0.717, 1.165) is 0 Å². The van der Waals surface area contributed by atoms with Crippen molar-refractivity contribution in [3.63, 3.8) is 0 Å². The Balaban J connectivity index is 2.33. The molecule has 0 saturated heterocycles. The summed E-state index contributed by atoms with van der Waals surface area (Å²) in [6, 6.07) is 6.75. The third-order valence-electron chi connectivity index (χ3n) is 3.12. The van der Waals surface area contributed by atoms with Gasteiger partial charge >= 0.3 is 5.97 Å². The fourth-order valence-electron chi connectivity index (χ4n) is 2.00. The van der Waals surface area contributed by atoms with Crippen molar-refractivity contribution in [3.05, 3.63) is 24.3 Å². The number of fused-ring (bicyclic) bond motifs is 1. The molecule has 1 atom stereocenters. The number of rotatable bonds is 4. The molecule has 1 aromatic carbocycles. The lowest BCUT2D eigenvalue weighted by molar-refractivity contribution is -0.142. The maximum Gasteiger partial charge on any atom is 0.307 e. The van der Waals surface area contributed by atoms with Gasteiger partial charge in [0.05, 0.1) is 12.1 Å².